The molecule has 1 saturated heterocycles. The van der Waals surface area contributed by atoms with Gasteiger partial charge in [0, 0.05) is 24.2 Å². The molecule has 0 spiro atoms. The van der Waals surface area contributed by atoms with Crippen molar-refractivity contribution in [2.75, 3.05) is 6.61 Å². The van der Waals surface area contributed by atoms with E-state index >= 15 is 0 Å². The number of aromatic nitrogens is 2. The molecule has 0 saturated carbocycles. The van der Waals surface area contributed by atoms with Crippen LogP contribution in [0.3, 0.4) is 0 Å². The van der Waals surface area contributed by atoms with Crippen LogP contribution in [0.1, 0.15) is 40.3 Å². The third-order valence-electron chi connectivity index (χ3n) is 5.04. The van der Waals surface area contributed by atoms with Crippen LogP contribution in [0.5, 0.6) is 5.75 Å². The largest absolute Gasteiger partial charge is 0.462 e. The number of benzene rings is 1. The fourth-order valence-corrected chi connectivity index (χ4v) is 4.79. The first-order valence-corrected chi connectivity index (χ1v) is 12.6. The van der Waals surface area contributed by atoms with Crippen LogP contribution in [-0.4, -0.2) is 40.4 Å². The van der Waals surface area contributed by atoms with Crippen LogP contribution in [0.4, 0.5) is 4.39 Å². The molecule has 10 nitrogen and oxygen atoms in total. The molecule has 2 heterocycles. The Labute approximate surface area is 207 Å². The maximum absolute atomic E-state index is 13.5. The van der Waals surface area contributed by atoms with Gasteiger partial charge in [0.1, 0.15) is 23.8 Å². The topological polar surface area (TPSA) is 121 Å². The van der Waals surface area contributed by atoms with Gasteiger partial charge in [0.05, 0.1) is 23.8 Å². The van der Waals surface area contributed by atoms with E-state index in [1.807, 2.05) is 6.92 Å². The molecule has 0 amide bonds. The van der Waals surface area contributed by atoms with E-state index in [4.69, 9.17) is 30.1 Å². The number of aromatic amines is 1. The monoisotopic (exact) mass is 531 g/mol. The van der Waals surface area contributed by atoms with E-state index in [1.165, 1.54) is 29.0 Å². The quantitative estimate of drug-likeness (QED) is 0.353. The first kappa shape index (κ1) is 27.3. The normalized spacial score (nSPS) is 21.6. The van der Waals surface area contributed by atoms with Gasteiger partial charge in [-0.25, -0.2) is 14.3 Å². The average molecular weight is 532 g/mol. The Bertz CT molecular complexity index is 1140. The van der Waals surface area contributed by atoms with Gasteiger partial charge in [-0.3, -0.25) is 19.1 Å². The summed E-state index contributed by atoms with van der Waals surface area (Å²) in [5.41, 5.74) is -1.05. The number of nitrogens with zero attached hydrogens (tertiary/aromatic N) is 1. The van der Waals surface area contributed by atoms with Gasteiger partial charge in [-0.2, -0.15) is 0 Å². The highest BCUT2D eigenvalue weighted by atomic mass is 35.5. The van der Waals surface area contributed by atoms with Gasteiger partial charge in [0.2, 0.25) is 0 Å². The van der Waals surface area contributed by atoms with Gasteiger partial charge >= 0.3 is 20.2 Å². The molecule has 0 aliphatic carbocycles. The van der Waals surface area contributed by atoms with Crippen LogP contribution in [0, 0.1) is 11.7 Å². The van der Waals surface area contributed by atoms with Gasteiger partial charge in [-0.1, -0.05) is 18.5 Å². The molecule has 1 aromatic heterocycles. The third-order valence-corrected chi connectivity index (χ3v) is 6.69. The fourth-order valence-electron chi connectivity index (χ4n) is 3.41. The average Bonchev–Trinajstić information content (AvgIpc) is 3.14. The van der Waals surface area contributed by atoms with Crippen LogP contribution in [0.25, 0.3) is 0 Å². The molecule has 5 atom stereocenters. The number of nitrogens with one attached hydrogen (secondary N) is 2. The molecule has 2 aromatic rings. The van der Waals surface area contributed by atoms with E-state index in [9.17, 15) is 18.8 Å². The Morgan fingerprint density at radius 3 is 2.74 bits per heavy atom. The molecule has 13 heteroatoms. The van der Waals surface area contributed by atoms with Crippen molar-refractivity contribution in [3.63, 3.8) is 0 Å². The highest BCUT2D eigenvalue weighted by Gasteiger charge is 2.35. The van der Waals surface area contributed by atoms with Crippen molar-refractivity contribution < 1.29 is 27.7 Å². The van der Waals surface area contributed by atoms with Crippen molar-refractivity contribution >= 4 is 26.1 Å². The lowest BCUT2D eigenvalue weighted by atomic mass is 10.1. The Balaban J connectivity index is 1.68. The summed E-state index contributed by atoms with van der Waals surface area (Å²) < 4.78 is 37.8. The second kappa shape index (κ2) is 12.1. The third kappa shape index (κ3) is 7.59. The number of esters is 1. The maximum atomic E-state index is 13.5. The van der Waals surface area contributed by atoms with Crippen LogP contribution in [0.15, 0.2) is 40.1 Å². The minimum Gasteiger partial charge on any atom is -0.462 e. The summed E-state index contributed by atoms with van der Waals surface area (Å²) in [5, 5.41) is 2.84. The van der Waals surface area contributed by atoms with E-state index < -0.39 is 43.8 Å². The van der Waals surface area contributed by atoms with E-state index in [2.05, 4.69) is 10.1 Å². The number of carbonyl (C=O) groups excluding carboxylic acids is 1. The molecule has 1 aromatic carbocycles. The number of halogens is 2. The fraction of sp³-hybridized carbons (Fsp3) is 0.500. The van der Waals surface area contributed by atoms with Crippen LogP contribution in [0.2, 0.25) is 5.02 Å². The predicted octanol–water partition coefficient (Wildman–Crippen LogP) is 3.50. The molecule has 5 unspecified atom stereocenters. The van der Waals surface area contributed by atoms with Crippen LogP contribution >= 0.6 is 20.1 Å². The Morgan fingerprint density at radius 1 is 1.34 bits per heavy atom. The lowest BCUT2D eigenvalue weighted by Gasteiger charge is -2.24. The van der Waals surface area contributed by atoms with Gasteiger partial charge in [-0.05, 0) is 39.3 Å². The molecule has 1 aliphatic heterocycles. The van der Waals surface area contributed by atoms with Gasteiger partial charge in [0.25, 0.3) is 5.56 Å². The molecule has 3 rings (SSSR count). The van der Waals surface area contributed by atoms with Crippen molar-refractivity contribution in [1.29, 1.82) is 0 Å². The van der Waals surface area contributed by atoms with Crippen molar-refractivity contribution in [1.82, 2.24) is 14.6 Å². The molecular weight excluding hydrogens is 504 g/mol. The minimum atomic E-state index is -1.89. The lowest BCUT2D eigenvalue weighted by Crippen LogP contribution is -2.35. The standard InChI is InChI=1S/C22H28ClFN3O7P/c1-12(2)32-21(29)14(4)26-35(34-15-5-6-18(24)17(23)10-15)31-11-16-9-13(3)20(33-16)27-8-7-19(28)25-22(27)30/h5-8,10,12-14,16,20,26H,9,11H2,1-4H3,(H,25,28,30). The summed E-state index contributed by atoms with van der Waals surface area (Å²) in [6.45, 7) is 7.09. The van der Waals surface area contributed by atoms with E-state index in [0.717, 1.165) is 6.07 Å². The van der Waals surface area contributed by atoms with Gasteiger partial charge in [0.15, 0.2) is 0 Å². The SMILES string of the molecule is CC(C)OC(=O)C(C)NP(OCC1CC(C)C(n2ccc(=O)[nH]c2=O)O1)Oc1ccc(F)c(Cl)c1. The molecule has 1 fully saturated rings. The van der Waals surface area contributed by atoms with Gasteiger partial charge in [-0.15, -0.1) is 0 Å². The molecule has 192 valence electrons. The molecule has 2 N–H and O–H groups in total. The maximum Gasteiger partial charge on any atom is 0.330 e. The van der Waals surface area contributed by atoms with Crippen molar-refractivity contribution in [2.45, 2.75) is 58.6 Å². The summed E-state index contributed by atoms with van der Waals surface area (Å²) in [5.74, 6) is -0.871. The second-order valence-electron chi connectivity index (χ2n) is 8.44. The number of carbonyl (C=O) groups is 1. The minimum absolute atomic E-state index is 0.0387. The Morgan fingerprint density at radius 2 is 2.09 bits per heavy atom. The predicted molar refractivity (Wildman–Crippen MR) is 128 cm³/mol. The lowest BCUT2D eigenvalue weighted by molar-refractivity contribution is -0.149. The summed E-state index contributed by atoms with van der Waals surface area (Å²) in [4.78, 5) is 38.0. The van der Waals surface area contributed by atoms with Gasteiger partial charge < -0.3 is 18.5 Å². The molecule has 1 aliphatic rings. The highest BCUT2D eigenvalue weighted by Crippen LogP contribution is 2.40. The molecule has 35 heavy (non-hydrogen) atoms. The zero-order valence-corrected chi connectivity index (χ0v) is 21.3. The summed E-state index contributed by atoms with van der Waals surface area (Å²) in [6.07, 6.45) is 0.705. The number of ether oxygens (including phenoxy) is 2. The number of rotatable bonds is 10. The number of hydrogen-bond donors (Lipinski definition) is 2. The van der Waals surface area contributed by atoms with E-state index in [-0.39, 0.29) is 35.5 Å². The summed E-state index contributed by atoms with van der Waals surface area (Å²) in [6, 6.07) is 4.36. The summed E-state index contributed by atoms with van der Waals surface area (Å²) in [7, 11) is -1.89. The first-order chi connectivity index (χ1) is 16.5. The number of H-pyrrole nitrogens is 1. The highest BCUT2D eigenvalue weighted by molar-refractivity contribution is 7.45. The Hall–Kier alpha value is -2.30. The zero-order valence-electron chi connectivity index (χ0n) is 19.7. The van der Waals surface area contributed by atoms with E-state index in [0.29, 0.717) is 6.42 Å². The summed E-state index contributed by atoms with van der Waals surface area (Å²) >= 11 is 5.85. The zero-order chi connectivity index (χ0) is 25.7. The molecular formula is C22H28ClFN3O7P. The first-order valence-electron chi connectivity index (χ1n) is 11.0. The molecule has 0 bridgehead atoms. The second-order valence-corrected chi connectivity index (χ2v) is 10.1. The Kier molecular flexibility index (Phi) is 9.43. The number of hydrogen-bond acceptors (Lipinski definition) is 8. The smallest absolute Gasteiger partial charge is 0.330 e. The van der Waals surface area contributed by atoms with Crippen LogP contribution in [-0.2, 0) is 18.8 Å². The van der Waals surface area contributed by atoms with Crippen LogP contribution < -0.4 is 20.9 Å². The van der Waals surface area contributed by atoms with E-state index in [1.54, 1.807) is 20.8 Å². The van der Waals surface area contributed by atoms with Crippen molar-refractivity contribution in [3.05, 3.63) is 62.1 Å². The molecule has 0 radical (unpaired) electrons. The van der Waals surface area contributed by atoms with Crippen molar-refractivity contribution in [2.24, 2.45) is 5.92 Å². The van der Waals surface area contributed by atoms with Crippen molar-refractivity contribution in [3.8, 4) is 5.75 Å².